The van der Waals surface area contributed by atoms with Gasteiger partial charge in [0.25, 0.3) is 0 Å². The van der Waals surface area contributed by atoms with Crippen LogP contribution >= 0.6 is 0 Å². The van der Waals surface area contributed by atoms with Gasteiger partial charge in [0.15, 0.2) is 0 Å². The van der Waals surface area contributed by atoms with E-state index in [4.69, 9.17) is 4.74 Å². The number of hydrogen-bond donors (Lipinski definition) is 0. The topological polar surface area (TPSA) is 9.23 Å². The summed E-state index contributed by atoms with van der Waals surface area (Å²) in [5.74, 6) is 4.97. The highest BCUT2D eigenvalue weighted by molar-refractivity contribution is 5.43. The molecule has 1 aromatic carbocycles. The Balaban J connectivity index is 2.81. The van der Waals surface area contributed by atoms with Crippen LogP contribution in [0.25, 0.3) is 0 Å². The molecule has 0 spiro atoms. The fourth-order valence-electron chi connectivity index (χ4n) is 0.893. The molecule has 0 N–H and O–H groups in total. The minimum absolute atomic E-state index is 0.478. The van der Waals surface area contributed by atoms with Gasteiger partial charge in [0, 0.05) is 5.56 Å². The van der Waals surface area contributed by atoms with E-state index in [0.29, 0.717) is 11.3 Å². The molecule has 0 aliphatic rings. The van der Waals surface area contributed by atoms with Crippen LogP contribution in [0.4, 0.5) is 13.2 Å². The molecule has 1 aromatic rings. The number of halogens is 3. The summed E-state index contributed by atoms with van der Waals surface area (Å²) < 4.78 is 41.0. The zero-order chi connectivity index (χ0) is 12.2. The number of rotatable bonds is 1. The van der Waals surface area contributed by atoms with Crippen LogP contribution in [0.3, 0.4) is 0 Å². The first kappa shape index (κ1) is 12.2. The minimum Gasteiger partial charge on any atom is -0.497 e. The van der Waals surface area contributed by atoms with Crippen LogP contribution in [-0.2, 0) is 0 Å². The summed E-state index contributed by atoms with van der Waals surface area (Å²) >= 11 is 0. The van der Waals surface area contributed by atoms with E-state index in [0.717, 1.165) is 0 Å². The van der Waals surface area contributed by atoms with Gasteiger partial charge in [-0.05, 0) is 24.3 Å². The van der Waals surface area contributed by atoms with Crippen molar-refractivity contribution >= 4 is 0 Å². The van der Waals surface area contributed by atoms with Crippen molar-refractivity contribution in [2.45, 2.75) is 6.18 Å². The summed E-state index contributed by atoms with van der Waals surface area (Å²) in [5.41, 5.74) is -0.575. The first-order chi connectivity index (χ1) is 7.43. The van der Waals surface area contributed by atoms with Crippen molar-refractivity contribution in [1.29, 1.82) is 0 Å². The Morgan fingerprint density at radius 2 is 1.81 bits per heavy atom. The number of hydrogen-bond acceptors (Lipinski definition) is 1. The molecule has 0 saturated heterocycles. The van der Waals surface area contributed by atoms with Gasteiger partial charge in [0.2, 0.25) is 0 Å². The maximum atomic E-state index is 12.0. The molecular weight excluding hydrogens is 217 g/mol. The van der Waals surface area contributed by atoms with Gasteiger partial charge in [-0.25, -0.2) is 0 Å². The maximum absolute atomic E-state index is 12.0. The van der Waals surface area contributed by atoms with E-state index in [2.05, 4.69) is 12.5 Å². The molecule has 0 aromatic heterocycles. The molecule has 0 aliphatic heterocycles. The number of allylic oxidation sites excluding steroid dienone is 1. The summed E-state index contributed by atoms with van der Waals surface area (Å²) in [6.45, 7) is 2.85. The smallest absolute Gasteiger partial charge is 0.423 e. The first-order valence-electron chi connectivity index (χ1n) is 4.35. The Bertz CT molecular complexity index is 432. The van der Waals surface area contributed by atoms with Crippen molar-refractivity contribution in [3.8, 4) is 17.6 Å². The molecule has 0 amide bonds. The lowest BCUT2D eigenvalue weighted by molar-refractivity contribution is -0.0868. The van der Waals surface area contributed by atoms with Crippen molar-refractivity contribution < 1.29 is 17.9 Å². The Kier molecular flexibility index (Phi) is 3.62. The van der Waals surface area contributed by atoms with Crippen molar-refractivity contribution in [1.82, 2.24) is 0 Å². The van der Waals surface area contributed by atoms with Crippen LogP contribution in [-0.4, -0.2) is 13.3 Å². The molecule has 0 bridgehead atoms. The normalized spacial score (nSPS) is 10.2. The third kappa shape index (κ3) is 3.35. The van der Waals surface area contributed by atoms with Crippen LogP contribution in [0, 0.1) is 11.8 Å². The van der Waals surface area contributed by atoms with Crippen molar-refractivity contribution in [3.05, 3.63) is 42.0 Å². The van der Waals surface area contributed by atoms with E-state index in [1.165, 1.54) is 7.11 Å². The van der Waals surface area contributed by atoms with Crippen LogP contribution in [0.1, 0.15) is 5.56 Å². The second kappa shape index (κ2) is 4.75. The molecule has 84 valence electrons. The Labute approximate surface area is 91.5 Å². The average molecular weight is 226 g/mol. The monoisotopic (exact) mass is 226 g/mol. The van der Waals surface area contributed by atoms with Crippen molar-refractivity contribution in [2.24, 2.45) is 0 Å². The van der Waals surface area contributed by atoms with Crippen LogP contribution in [0.5, 0.6) is 5.75 Å². The molecule has 1 nitrogen and oxygen atoms in total. The van der Waals surface area contributed by atoms with Crippen molar-refractivity contribution in [2.75, 3.05) is 7.11 Å². The van der Waals surface area contributed by atoms with Gasteiger partial charge in [-0.1, -0.05) is 18.4 Å². The zero-order valence-electron chi connectivity index (χ0n) is 8.56. The van der Waals surface area contributed by atoms with Crippen molar-refractivity contribution in [3.63, 3.8) is 0 Å². The van der Waals surface area contributed by atoms with E-state index in [-0.39, 0.29) is 0 Å². The van der Waals surface area contributed by atoms with Gasteiger partial charge in [-0.3, -0.25) is 0 Å². The lowest BCUT2D eigenvalue weighted by Crippen LogP contribution is -2.08. The predicted molar refractivity (Wildman–Crippen MR) is 55.1 cm³/mol. The average Bonchev–Trinajstić information content (AvgIpc) is 2.25. The van der Waals surface area contributed by atoms with E-state index < -0.39 is 11.7 Å². The molecule has 16 heavy (non-hydrogen) atoms. The van der Waals surface area contributed by atoms with Crippen LogP contribution in [0.15, 0.2) is 36.4 Å². The van der Waals surface area contributed by atoms with Crippen LogP contribution < -0.4 is 4.74 Å². The molecule has 0 fully saturated rings. The number of ether oxygens (including phenoxy) is 1. The van der Waals surface area contributed by atoms with E-state index in [1.54, 1.807) is 24.3 Å². The number of alkyl halides is 3. The summed E-state index contributed by atoms with van der Waals surface area (Å²) in [4.78, 5) is 0. The summed E-state index contributed by atoms with van der Waals surface area (Å²) in [5, 5.41) is 0. The second-order valence-electron chi connectivity index (χ2n) is 2.95. The summed E-state index contributed by atoms with van der Waals surface area (Å²) in [6.07, 6.45) is -4.46. The molecule has 4 heteroatoms. The SMILES string of the molecule is C=C(C#Cc1ccc(OC)cc1)C(F)(F)F. The van der Waals surface area contributed by atoms with Gasteiger partial charge in [-0.15, -0.1) is 0 Å². The lowest BCUT2D eigenvalue weighted by Gasteiger charge is -2.01. The minimum atomic E-state index is -4.46. The van der Waals surface area contributed by atoms with Gasteiger partial charge < -0.3 is 4.74 Å². The molecule has 1 rings (SSSR count). The zero-order valence-corrected chi connectivity index (χ0v) is 8.56. The lowest BCUT2D eigenvalue weighted by atomic mass is 10.2. The largest absolute Gasteiger partial charge is 0.497 e. The predicted octanol–water partition coefficient (Wildman–Crippen LogP) is 3.17. The highest BCUT2D eigenvalue weighted by Crippen LogP contribution is 2.23. The Morgan fingerprint density at radius 3 is 2.25 bits per heavy atom. The quantitative estimate of drug-likeness (QED) is 0.668. The Hall–Kier alpha value is -1.89. The molecule has 0 heterocycles. The summed E-state index contributed by atoms with van der Waals surface area (Å²) in [7, 11) is 1.51. The van der Waals surface area contributed by atoms with E-state index in [1.807, 2.05) is 5.92 Å². The fourth-order valence-corrected chi connectivity index (χ4v) is 0.893. The molecule has 0 atom stereocenters. The van der Waals surface area contributed by atoms with Gasteiger partial charge in [0.05, 0.1) is 12.7 Å². The number of methoxy groups -OCH3 is 1. The van der Waals surface area contributed by atoms with Gasteiger partial charge in [0.1, 0.15) is 5.75 Å². The molecule has 0 radical (unpaired) electrons. The molecular formula is C12H9F3O. The second-order valence-corrected chi connectivity index (χ2v) is 2.95. The molecule has 0 unspecified atom stereocenters. The van der Waals surface area contributed by atoms with E-state index in [9.17, 15) is 13.2 Å². The standard InChI is InChI=1S/C12H9F3O/c1-9(12(13,14)15)3-4-10-5-7-11(16-2)8-6-10/h5-8H,1H2,2H3. The third-order valence-corrected chi connectivity index (χ3v) is 1.79. The maximum Gasteiger partial charge on any atom is 0.423 e. The third-order valence-electron chi connectivity index (χ3n) is 1.79. The van der Waals surface area contributed by atoms with Gasteiger partial charge in [-0.2, -0.15) is 13.2 Å². The highest BCUT2D eigenvalue weighted by atomic mass is 19.4. The fraction of sp³-hybridized carbons (Fsp3) is 0.167. The molecule has 0 aliphatic carbocycles. The van der Waals surface area contributed by atoms with Crippen LogP contribution in [0.2, 0.25) is 0 Å². The molecule has 0 saturated carbocycles. The first-order valence-corrected chi connectivity index (χ1v) is 4.35. The summed E-state index contributed by atoms with van der Waals surface area (Å²) in [6, 6.07) is 6.41. The highest BCUT2D eigenvalue weighted by Gasteiger charge is 2.30. The number of benzene rings is 1. The van der Waals surface area contributed by atoms with Gasteiger partial charge >= 0.3 is 6.18 Å². The van der Waals surface area contributed by atoms with E-state index >= 15 is 0 Å². The Morgan fingerprint density at radius 1 is 1.25 bits per heavy atom.